The lowest BCUT2D eigenvalue weighted by atomic mass is 10.1. The summed E-state index contributed by atoms with van der Waals surface area (Å²) in [6.07, 6.45) is 1.17. The van der Waals surface area contributed by atoms with Gasteiger partial charge in [0.1, 0.15) is 0 Å². The van der Waals surface area contributed by atoms with Gasteiger partial charge >= 0.3 is 0 Å². The number of likely N-dealkylation sites (tertiary alicyclic amines) is 1. The summed E-state index contributed by atoms with van der Waals surface area (Å²) in [6.45, 7) is 6.87. The maximum atomic E-state index is 9.54. The molecule has 0 aliphatic carbocycles. The summed E-state index contributed by atoms with van der Waals surface area (Å²) in [5, 5.41) is 13.1. The molecule has 0 spiro atoms. The predicted octanol–water partition coefficient (Wildman–Crippen LogP) is 1.79. The van der Waals surface area contributed by atoms with Crippen LogP contribution in [0.1, 0.15) is 31.9 Å². The van der Waals surface area contributed by atoms with Crippen molar-refractivity contribution in [2.45, 2.75) is 38.4 Å². The normalized spacial score (nSPS) is 22.6. The van der Waals surface area contributed by atoms with Crippen LogP contribution in [0.25, 0.3) is 0 Å². The van der Waals surface area contributed by atoms with Crippen molar-refractivity contribution in [1.29, 1.82) is 0 Å². The van der Waals surface area contributed by atoms with E-state index in [0.717, 1.165) is 13.1 Å². The van der Waals surface area contributed by atoms with Crippen molar-refractivity contribution >= 4 is 0 Å². The Hall–Kier alpha value is -0.900. The molecule has 0 amide bonds. The Morgan fingerprint density at radius 2 is 2.06 bits per heavy atom. The summed E-state index contributed by atoms with van der Waals surface area (Å²) in [4.78, 5) is 2.48. The molecule has 2 rings (SSSR count). The fraction of sp³-hybridized carbons (Fsp3) is 0.600. The van der Waals surface area contributed by atoms with Crippen LogP contribution in [0.5, 0.6) is 0 Å². The number of benzene rings is 1. The molecule has 0 aromatic heterocycles. The zero-order valence-corrected chi connectivity index (χ0v) is 11.3. The van der Waals surface area contributed by atoms with Gasteiger partial charge in [-0.15, -0.1) is 0 Å². The molecule has 100 valence electrons. The van der Waals surface area contributed by atoms with Gasteiger partial charge in [0, 0.05) is 18.6 Å². The molecular weight excluding hydrogens is 224 g/mol. The highest BCUT2D eigenvalue weighted by Gasteiger charge is 2.26. The Bertz CT molecular complexity index is 353. The highest BCUT2D eigenvalue weighted by molar-refractivity contribution is 5.19. The van der Waals surface area contributed by atoms with Crippen LogP contribution >= 0.6 is 0 Å². The van der Waals surface area contributed by atoms with Crippen LogP contribution < -0.4 is 5.32 Å². The first kappa shape index (κ1) is 13.5. The van der Waals surface area contributed by atoms with E-state index in [2.05, 4.69) is 36.2 Å². The van der Waals surface area contributed by atoms with E-state index < -0.39 is 0 Å². The van der Waals surface area contributed by atoms with E-state index >= 15 is 0 Å². The van der Waals surface area contributed by atoms with Crippen LogP contribution in [0.4, 0.5) is 0 Å². The van der Waals surface area contributed by atoms with Crippen molar-refractivity contribution in [3.63, 3.8) is 0 Å². The minimum absolute atomic E-state index is 0.0586. The zero-order chi connectivity index (χ0) is 13.0. The third-order valence-corrected chi connectivity index (χ3v) is 3.77. The van der Waals surface area contributed by atoms with E-state index in [0.29, 0.717) is 12.1 Å². The van der Waals surface area contributed by atoms with Gasteiger partial charge in [0.25, 0.3) is 0 Å². The number of hydrogen-bond donors (Lipinski definition) is 2. The molecule has 1 aliphatic heterocycles. The molecule has 0 radical (unpaired) electrons. The molecule has 1 aromatic rings. The van der Waals surface area contributed by atoms with Crippen LogP contribution in [0, 0.1) is 0 Å². The van der Waals surface area contributed by atoms with Crippen LogP contribution in [-0.4, -0.2) is 41.8 Å². The van der Waals surface area contributed by atoms with Gasteiger partial charge in [0.05, 0.1) is 12.6 Å². The molecule has 1 aliphatic rings. The van der Waals surface area contributed by atoms with E-state index in [-0.39, 0.29) is 12.6 Å². The van der Waals surface area contributed by atoms with Crippen molar-refractivity contribution in [2.24, 2.45) is 0 Å². The second-order valence-corrected chi connectivity index (χ2v) is 5.39. The van der Waals surface area contributed by atoms with Gasteiger partial charge in [-0.3, -0.25) is 4.90 Å². The van der Waals surface area contributed by atoms with Gasteiger partial charge in [0.15, 0.2) is 0 Å². The lowest BCUT2D eigenvalue weighted by Crippen LogP contribution is -2.38. The van der Waals surface area contributed by atoms with Crippen LogP contribution in [0.15, 0.2) is 30.3 Å². The molecule has 0 bridgehead atoms. The molecule has 3 heteroatoms. The molecular formula is C15H24N2O. The number of hydrogen-bond acceptors (Lipinski definition) is 3. The van der Waals surface area contributed by atoms with E-state index in [1.54, 1.807) is 0 Å². The number of rotatable bonds is 5. The maximum Gasteiger partial charge on any atom is 0.0626 e. The summed E-state index contributed by atoms with van der Waals surface area (Å²) >= 11 is 0. The highest BCUT2D eigenvalue weighted by atomic mass is 16.3. The van der Waals surface area contributed by atoms with Crippen molar-refractivity contribution < 1.29 is 5.11 Å². The molecule has 2 N–H and O–H groups in total. The summed E-state index contributed by atoms with van der Waals surface area (Å²) in [6, 6.07) is 11.4. The van der Waals surface area contributed by atoms with Gasteiger partial charge < -0.3 is 10.4 Å². The molecule has 3 nitrogen and oxygen atoms in total. The summed E-state index contributed by atoms with van der Waals surface area (Å²) in [7, 11) is 0. The Morgan fingerprint density at radius 3 is 2.61 bits per heavy atom. The Kier molecular flexibility index (Phi) is 4.75. The zero-order valence-electron chi connectivity index (χ0n) is 11.3. The van der Waals surface area contributed by atoms with Crippen molar-refractivity contribution in [3.05, 3.63) is 35.9 Å². The largest absolute Gasteiger partial charge is 0.394 e. The van der Waals surface area contributed by atoms with E-state index in [1.165, 1.54) is 12.0 Å². The summed E-state index contributed by atoms with van der Waals surface area (Å²) in [5.74, 6) is 0. The fourth-order valence-electron chi connectivity index (χ4n) is 2.62. The van der Waals surface area contributed by atoms with E-state index in [4.69, 9.17) is 0 Å². The van der Waals surface area contributed by atoms with Gasteiger partial charge in [-0.2, -0.15) is 0 Å². The summed E-state index contributed by atoms with van der Waals surface area (Å²) < 4.78 is 0. The topological polar surface area (TPSA) is 35.5 Å². The minimum Gasteiger partial charge on any atom is -0.394 e. The number of nitrogens with one attached hydrogen (secondary N) is 1. The predicted molar refractivity (Wildman–Crippen MR) is 74.5 cm³/mol. The fourth-order valence-corrected chi connectivity index (χ4v) is 2.62. The van der Waals surface area contributed by atoms with Gasteiger partial charge in [-0.05, 0) is 32.4 Å². The van der Waals surface area contributed by atoms with Gasteiger partial charge in [0.2, 0.25) is 0 Å². The third-order valence-electron chi connectivity index (χ3n) is 3.77. The first-order valence-corrected chi connectivity index (χ1v) is 6.86. The first-order valence-electron chi connectivity index (χ1n) is 6.86. The van der Waals surface area contributed by atoms with Crippen molar-refractivity contribution in [3.8, 4) is 0 Å². The molecule has 1 unspecified atom stereocenters. The maximum absolute atomic E-state index is 9.54. The van der Waals surface area contributed by atoms with Crippen LogP contribution in [0.3, 0.4) is 0 Å². The first-order chi connectivity index (χ1) is 8.70. The average molecular weight is 248 g/mol. The Balaban J connectivity index is 1.92. The van der Waals surface area contributed by atoms with Crippen LogP contribution in [0.2, 0.25) is 0 Å². The lowest BCUT2D eigenvalue weighted by molar-refractivity contribution is 0.225. The third kappa shape index (κ3) is 3.31. The second-order valence-electron chi connectivity index (χ2n) is 5.39. The highest BCUT2D eigenvalue weighted by Crippen LogP contribution is 2.18. The molecule has 1 heterocycles. The van der Waals surface area contributed by atoms with Crippen molar-refractivity contribution in [1.82, 2.24) is 10.2 Å². The minimum atomic E-state index is 0.0586. The molecule has 18 heavy (non-hydrogen) atoms. The van der Waals surface area contributed by atoms with Gasteiger partial charge in [-0.1, -0.05) is 30.3 Å². The molecule has 1 saturated heterocycles. The molecule has 1 fully saturated rings. The van der Waals surface area contributed by atoms with E-state index in [9.17, 15) is 5.11 Å². The second kappa shape index (κ2) is 6.32. The van der Waals surface area contributed by atoms with E-state index in [1.807, 2.05) is 18.2 Å². The van der Waals surface area contributed by atoms with Gasteiger partial charge in [-0.25, -0.2) is 0 Å². The molecule has 0 saturated carbocycles. The number of aliphatic hydroxyl groups is 1. The Labute approximate surface area is 110 Å². The quantitative estimate of drug-likeness (QED) is 0.834. The van der Waals surface area contributed by atoms with Crippen molar-refractivity contribution in [2.75, 3.05) is 19.7 Å². The average Bonchev–Trinajstić information content (AvgIpc) is 2.86. The standard InChI is InChI=1S/C15H24N2O/c1-12(2)17-9-8-14(10-17)16-15(11-18)13-6-4-3-5-7-13/h3-7,12,14-16,18H,8-11H2,1-2H3/t14?,15-/m0/s1. The lowest BCUT2D eigenvalue weighted by Gasteiger charge is -2.23. The monoisotopic (exact) mass is 248 g/mol. The Morgan fingerprint density at radius 1 is 1.33 bits per heavy atom. The summed E-state index contributed by atoms with van der Waals surface area (Å²) in [5.41, 5.74) is 1.17. The van der Waals surface area contributed by atoms with Crippen LogP contribution in [-0.2, 0) is 0 Å². The SMILES string of the molecule is CC(C)N1CCC(N[C@@H](CO)c2ccccc2)C1. The molecule has 1 aromatic carbocycles. The number of nitrogens with zero attached hydrogens (tertiary/aromatic N) is 1. The number of aliphatic hydroxyl groups excluding tert-OH is 1. The molecule has 2 atom stereocenters. The smallest absolute Gasteiger partial charge is 0.0626 e.